The number of carbonyl (C=O) groups excluding carboxylic acids is 1. The fourth-order valence-electron chi connectivity index (χ4n) is 4.32. The zero-order valence-corrected chi connectivity index (χ0v) is 20.0. The third-order valence-electron chi connectivity index (χ3n) is 6.12. The number of imidazole rings is 1. The lowest BCUT2D eigenvalue weighted by Crippen LogP contribution is -2.25. The van der Waals surface area contributed by atoms with Gasteiger partial charge in [-0.25, -0.2) is 4.98 Å². The average Bonchev–Trinajstić information content (AvgIpc) is 3.32. The molecule has 0 aliphatic heterocycles. The fraction of sp³-hybridized carbons (Fsp3) is 0.154. The Labute approximate surface area is 205 Å². The minimum Gasteiger partial charge on any atom is -0.290 e. The van der Waals surface area contributed by atoms with E-state index in [1.807, 2.05) is 41.8 Å². The van der Waals surface area contributed by atoms with Crippen LogP contribution in [-0.4, -0.2) is 20.1 Å². The second-order valence-electron chi connectivity index (χ2n) is 8.56. The molecule has 8 heteroatoms. The molecular weight excluding hydrogens is 470 g/mol. The Balaban J connectivity index is 1.54. The highest BCUT2D eigenvalue weighted by atomic mass is 35.5. The number of thiazole rings is 1. The number of aromatic nitrogens is 2. The highest BCUT2D eigenvalue weighted by Gasteiger charge is 2.31. The number of ketones is 1. The molecule has 0 bridgehead atoms. The minimum atomic E-state index is -0.516. The van der Waals surface area contributed by atoms with Crippen LogP contribution in [0.2, 0.25) is 5.02 Å². The molecule has 2 aliphatic rings. The molecule has 0 fully saturated rings. The quantitative estimate of drug-likeness (QED) is 0.225. The summed E-state index contributed by atoms with van der Waals surface area (Å²) in [5.41, 5.74) is 1.99. The molecule has 0 radical (unpaired) electrons. The largest absolute Gasteiger partial charge is 0.290 e. The summed E-state index contributed by atoms with van der Waals surface area (Å²) >= 11 is 7.51. The number of nitro groups is 1. The van der Waals surface area contributed by atoms with Crippen LogP contribution in [0.25, 0.3) is 22.3 Å². The summed E-state index contributed by atoms with van der Waals surface area (Å²) in [7, 11) is 0. The number of allylic oxidation sites excluding steroid dienone is 9. The number of aryl methyl sites for hydroxylation is 1. The van der Waals surface area contributed by atoms with E-state index in [0.717, 1.165) is 9.84 Å². The molecule has 34 heavy (non-hydrogen) atoms. The summed E-state index contributed by atoms with van der Waals surface area (Å²) in [6.07, 6.45) is 19.4. The predicted octanol–water partition coefficient (Wildman–Crippen LogP) is 6.76. The van der Waals surface area contributed by atoms with E-state index in [2.05, 4.69) is 25.2 Å². The molecule has 0 amide bonds. The Bertz CT molecular complexity index is 1500. The van der Waals surface area contributed by atoms with Gasteiger partial charge >= 0.3 is 0 Å². The molecule has 3 aromatic rings. The van der Waals surface area contributed by atoms with E-state index in [4.69, 9.17) is 16.6 Å². The summed E-state index contributed by atoms with van der Waals surface area (Å²) in [6.45, 7) is 4.09. The first-order valence-electron chi connectivity index (χ1n) is 10.7. The van der Waals surface area contributed by atoms with Gasteiger partial charge in [0.05, 0.1) is 16.3 Å². The van der Waals surface area contributed by atoms with Gasteiger partial charge in [-0.15, -0.1) is 11.3 Å². The lowest BCUT2D eigenvalue weighted by molar-refractivity contribution is -0.384. The van der Waals surface area contributed by atoms with Crippen LogP contribution in [0.1, 0.15) is 17.5 Å². The number of hydrogen-bond donors (Lipinski definition) is 0. The van der Waals surface area contributed by atoms with Crippen LogP contribution >= 0.6 is 22.9 Å². The zero-order chi connectivity index (χ0) is 24.0. The average molecular weight is 490 g/mol. The lowest BCUT2D eigenvalue weighted by atomic mass is 9.70. The molecule has 0 spiro atoms. The molecule has 5 rings (SSSR count). The van der Waals surface area contributed by atoms with Gasteiger partial charge < -0.3 is 0 Å². The smallest absolute Gasteiger partial charge is 0.288 e. The van der Waals surface area contributed by atoms with Gasteiger partial charge in [0.1, 0.15) is 5.02 Å². The van der Waals surface area contributed by atoms with Crippen LogP contribution in [-0.2, 0) is 4.79 Å². The van der Waals surface area contributed by atoms with Gasteiger partial charge in [-0.05, 0) is 25.1 Å². The lowest BCUT2D eigenvalue weighted by Gasteiger charge is -2.33. The molecule has 2 aromatic heterocycles. The van der Waals surface area contributed by atoms with Crippen molar-refractivity contribution in [3.05, 3.63) is 104 Å². The number of halogens is 1. The summed E-state index contributed by atoms with van der Waals surface area (Å²) in [5, 5.41) is 11.5. The van der Waals surface area contributed by atoms with E-state index in [1.165, 1.54) is 29.5 Å². The van der Waals surface area contributed by atoms with E-state index in [9.17, 15) is 14.9 Å². The Morgan fingerprint density at radius 1 is 1.32 bits per heavy atom. The molecule has 0 saturated heterocycles. The molecule has 2 aliphatic carbocycles. The Morgan fingerprint density at radius 2 is 2.15 bits per heavy atom. The van der Waals surface area contributed by atoms with E-state index >= 15 is 0 Å². The molecule has 1 aromatic carbocycles. The van der Waals surface area contributed by atoms with Gasteiger partial charge in [-0.1, -0.05) is 67.1 Å². The highest BCUT2D eigenvalue weighted by molar-refractivity contribution is 7.17. The maximum atomic E-state index is 13.1. The molecule has 2 atom stereocenters. The third kappa shape index (κ3) is 3.87. The first kappa shape index (κ1) is 22.3. The van der Waals surface area contributed by atoms with Crippen LogP contribution in [0, 0.1) is 28.4 Å². The van der Waals surface area contributed by atoms with Gasteiger partial charge in [0.15, 0.2) is 10.7 Å². The first-order valence-corrected chi connectivity index (χ1v) is 11.9. The van der Waals surface area contributed by atoms with Crippen molar-refractivity contribution in [3.8, 4) is 11.3 Å². The highest BCUT2D eigenvalue weighted by Crippen LogP contribution is 2.40. The van der Waals surface area contributed by atoms with Gasteiger partial charge in [0, 0.05) is 39.6 Å². The van der Waals surface area contributed by atoms with E-state index < -0.39 is 4.92 Å². The summed E-state index contributed by atoms with van der Waals surface area (Å²) in [4.78, 5) is 30.5. The maximum Gasteiger partial charge on any atom is 0.288 e. The molecule has 2 heterocycles. The van der Waals surface area contributed by atoms with E-state index in [-0.39, 0.29) is 27.8 Å². The third-order valence-corrected chi connectivity index (χ3v) is 7.34. The summed E-state index contributed by atoms with van der Waals surface area (Å²) < 4.78 is 1.90. The van der Waals surface area contributed by atoms with E-state index in [0.29, 0.717) is 22.5 Å². The van der Waals surface area contributed by atoms with Crippen molar-refractivity contribution in [3.63, 3.8) is 0 Å². The number of fused-ring (bicyclic) bond motifs is 2. The number of benzene rings is 1. The Morgan fingerprint density at radius 3 is 2.94 bits per heavy atom. The normalized spacial score (nSPS) is 21.3. The van der Waals surface area contributed by atoms with Crippen LogP contribution in [0.15, 0.2) is 78.6 Å². The maximum absolute atomic E-state index is 13.1. The summed E-state index contributed by atoms with van der Waals surface area (Å²) in [5.74, 6) is 0.113. The zero-order valence-electron chi connectivity index (χ0n) is 18.4. The first-order chi connectivity index (χ1) is 16.2. The van der Waals surface area contributed by atoms with Crippen LogP contribution in [0.4, 0.5) is 5.69 Å². The van der Waals surface area contributed by atoms with Gasteiger partial charge in [0.2, 0.25) is 0 Å². The van der Waals surface area contributed by atoms with Crippen LogP contribution < -0.4 is 0 Å². The molecule has 0 N–H and O–H groups in total. The molecule has 2 unspecified atom stereocenters. The van der Waals surface area contributed by atoms with Crippen LogP contribution in [0.5, 0.6) is 0 Å². The minimum absolute atomic E-state index is 0.0623. The molecule has 0 saturated carbocycles. The Hall–Kier alpha value is -3.55. The number of carbonyl (C=O) groups is 1. The van der Waals surface area contributed by atoms with Crippen molar-refractivity contribution in [2.45, 2.75) is 13.8 Å². The van der Waals surface area contributed by atoms with Crippen LogP contribution in [0.3, 0.4) is 0 Å². The number of rotatable bonds is 5. The number of hydrogen-bond acceptors (Lipinski definition) is 5. The van der Waals surface area contributed by atoms with E-state index in [1.54, 1.807) is 12.1 Å². The fourth-order valence-corrected chi connectivity index (χ4v) is 5.34. The topological polar surface area (TPSA) is 77.5 Å². The van der Waals surface area contributed by atoms with Crippen molar-refractivity contribution in [1.29, 1.82) is 0 Å². The summed E-state index contributed by atoms with van der Waals surface area (Å²) in [6, 6.07) is 4.61. The van der Waals surface area contributed by atoms with Crippen molar-refractivity contribution >= 4 is 45.4 Å². The van der Waals surface area contributed by atoms with Crippen molar-refractivity contribution < 1.29 is 9.72 Å². The Kier molecular flexibility index (Phi) is 5.46. The van der Waals surface area contributed by atoms with Crippen molar-refractivity contribution in [2.75, 3.05) is 0 Å². The van der Waals surface area contributed by atoms with Gasteiger partial charge in [-0.3, -0.25) is 19.3 Å². The second-order valence-corrected chi connectivity index (χ2v) is 10.2. The van der Waals surface area contributed by atoms with Gasteiger partial charge in [0.25, 0.3) is 5.69 Å². The molecule has 6 nitrogen and oxygen atoms in total. The number of nitro benzene ring substituents is 1. The van der Waals surface area contributed by atoms with Crippen molar-refractivity contribution in [1.82, 2.24) is 9.38 Å². The second kappa shape index (κ2) is 8.34. The van der Waals surface area contributed by atoms with Crippen molar-refractivity contribution in [2.24, 2.45) is 11.3 Å². The SMILES string of the molecule is Cc1cn2c(/C=C/C(=O)C3=CC4(C)C=CC=CC4C=C3)c(-c3ccc(Cl)c([N+](=O)[O-])c3)nc2s1. The standard InChI is InChI=1S/C26H20ClN3O3S/c1-16-15-29-21(10-11-23(31)18-6-8-19-5-3-4-12-26(19,2)14-18)24(28-25(29)34-16)17-7-9-20(27)22(13-17)30(32)33/h3-15,19H,1-2H3/b11-10+. The molecular formula is C26H20ClN3O3S. The van der Waals surface area contributed by atoms with Gasteiger partial charge in [-0.2, -0.15) is 0 Å². The molecule has 170 valence electrons. The predicted molar refractivity (Wildman–Crippen MR) is 136 cm³/mol. The monoisotopic (exact) mass is 489 g/mol. The number of nitrogens with zero attached hydrogens (tertiary/aromatic N) is 3.